The number of ketones is 2. The number of Topliss-reactive ketones (excluding diaryl/α,β-unsaturated/α-hetero) is 1. The second-order valence-electron chi connectivity index (χ2n) is 5.09. The van der Waals surface area contributed by atoms with Crippen molar-refractivity contribution in [2.75, 3.05) is 0 Å². The Morgan fingerprint density at radius 3 is 2.05 bits per heavy atom. The van der Waals surface area contributed by atoms with Crippen molar-refractivity contribution in [3.63, 3.8) is 0 Å². The van der Waals surface area contributed by atoms with Crippen molar-refractivity contribution in [2.45, 2.75) is 6.92 Å². The molecule has 0 fully saturated rings. The van der Waals surface area contributed by atoms with Gasteiger partial charge in [0.1, 0.15) is 0 Å². The summed E-state index contributed by atoms with van der Waals surface area (Å²) in [6.45, 7) is 1.51. The summed E-state index contributed by atoms with van der Waals surface area (Å²) in [6, 6.07) is 20.2. The van der Waals surface area contributed by atoms with Crippen molar-refractivity contribution in [1.29, 1.82) is 0 Å². The fraction of sp³-hybridized carbons (Fsp3) is 0.0526. The maximum atomic E-state index is 12.5. The van der Waals surface area contributed by atoms with Crippen LogP contribution in [0.3, 0.4) is 0 Å². The molecule has 108 valence electrons. The Bertz CT molecular complexity index is 817. The highest BCUT2D eigenvalue weighted by Gasteiger charge is 2.18. The molecule has 0 aliphatic heterocycles. The van der Waals surface area contributed by atoms with Gasteiger partial charge in [-0.2, -0.15) is 0 Å². The van der Waals surface area contributed by atoms with Gasteiger partial charge in [0.2, 0.25) is 5.78 Å². The van der Waals surface area contributed by atoms with Crippen LogP contribution in [0, 0.1) is 0 Å². The van der Waals surface area contributed by atoms with E-state index >= 15 is 0 Å². The number of carbonyl (C=O) groups is 2. The van der Waals surface area contributed by atoms with E-state index in [0.717, 1.165) is 5.56 Å². The van der Waals surface area contributed by atoms with Gasteiger partial charge in [-0.25, -0.2) is 0 Å². The van der Waals surface area contributed by atoms with Crippen molar-refractivity contribution in [3.8, 4) is 11.3 Å². The Hall–Kier alpha value is -2.94. The zero-order valence-electron chi connectivity index (χ0n) is 12.2. The van der Waals surface area contributed by atoms with Crippen LogP contribution in [0.4, 0.5) is 0 Å². The fourth-order valence-corrected chi connectivity index (χ4v) is 2.43. The highest BCUT2D eigenvalue weighted by atomic mass is 16.1. The summed E-state index contributed by atoms with van der Waals surface area (Å²) in [7, 11) is 0. The number of aromatic amines is 1. The van der Waals surface area contributed by atoms with Crippen LogP contribution in [-0.4, -0.2) is 16.6 Å². The second kappa shape index (κ2) is 5.82. The molecule has 3 heteroatoms. The number of rotatable bonds is 4. The van der Waals surface area contributed by atoms with Gasteiger partial charge in [-0.15, -0.1) is 0 Å². The van der Waals surface area contributed by atoms with Crippen LogP contribution in [-0.2, 0) is 0 Å². The third-order valence-corrected chi connectivity index (χ3v) is 3.54. The first-order chi connectivity index (χ1) is 10.7. The van der Waals surface area contributed by atoms with Gasteiger partial charge in [0.05, 0.1) is 11.4 Å². The second-order valence-corrected chi connectivity index (χ2v) is 5.09. The minimum atomic E-state index is -0.120. The lowest BCUT2D eigenvalue weighted by Crippen LogP contribution is -2.01. The molecule has 0 unspecified atom stereocenters. The average Bonchev–Trinajstić information content (AvgIpc) is 3.01. The monoisotopic (exact) mass is 289 g/mol. The molecule has 0 spiro atoms. The van der Waals surface area contributed by atoms with Crippen molar-refractivity contribution in [3.05, 3.63) is 83.6 Å². The van der Waals surface area contributed by atoms with Crippen molar-refractivity contribution >= 4 is 11.6 Å². The van der Waals surface area contributed by atoms with E-state index in [1.54, 1.807) is 18.2 Å². The van der Waals surface area contributed by atoms with Crippen LogP contribution in [0.25, 0.3) is 11.3 Å². The molecule has 3 nitrogen and oxygen atoms in total. The summed E-state index contributed by atoms with van der Waals surface area (Å²) in [5, 5.41) is 0. The molecular weight excluding hydrogens is 274 g/mol. The van der Waals surface area contributed by atoms with E-state index in [1.165, 1.54) is 6.92 Å². The SMILES string of the molecule is CC(=O)c1cc(C(=O)c2ccccc2)[nH]c1-c1ccccc1. The molecule has 3 aromatic rings. The third kappa shape index (κ3) is 2.61. The molecule has 0 amide bonds. The zero-order valence-corrected chi connectivity index (χ0v) is 12.2. The third-order valence-electron chi connectivity index (χ3n) is 3.54. The molecule has 1 aromatic heterocycles. The normalized spacial score (nSPS) is 10.4. The van der Waals surface area contributed by atoms with E-state index < -0.39 is 0 Å². The van der Waals surface area contributed by atoms with Gasteiger partial charge in [0.15, 0.2) is 5.78 Å². The molecule has 0 saturated heterocycles. The fourth-order valence-electron chi connectivity index (χ4n) is 2.43. The number of benzene rings is 2. The van der Waals surface area contributed by atoms with Crippen LogP contribution >= 0.6 is 0 Å². The highest BCUT2D eigenvalue weighted by Crippen LogP contribution is 2.25. The van der Waals surface area contributed by atoms with Crippen LogP contribution in [0.15, 0.2) is 66.7 Å². The van der Waals surface area contributed by atoms with Gasteiger partial charge in [0, 0.05) is 11.1 Å². The van der Waals surface area contributed by atoms with Gasteiger partial charge in [-0.3, -0.25) is 9.59 Å². The van der Waals surface area contributed by atoms with Gasteiger partial charge in [-0.1, -0.05) is 60.7 Å². The number of hydrogen-bond acceptors (Lipinski definition) is 2. The molecule has 1 heterocycles. The molecule has 3 rings (SSSR count). The highest BCUT2D eigenvalue weighted by molar-refractivity contribution is 6.11. The zero-order chi connectivity index (χ0) is 15.5. The number of aromatic nitrogens is 1. The smallest absolute Gasteiger partial charge is 0.209 e. The van der Waals surface area contributed by atoms with Crippen molar-refractivity contribution in [2.24, 2.45) is 0 Å². The van der Waals surface area contributed by atoms with Crippen LogP contribution < -0.4 is 0 Å². The number of nitrogens with one attached hydrogen (secondary N) is 1. The van der Waals surface area contributed by atoms with E-state index in [0.29, 0.717) is 22.5 Å². The lowest BCUT2D eigenvalue weighted by molar-refractivity contribution is 0.101. The van der Waals surface area contributed by atoms with Gasteiger partial charge in [-0.05, 0) is 18.6 Å². The Kier molecular flexibility index (Phi) is 3.71. The minimum absolute atomic E-state index is 0.0674. The molecule has 0 aliphatic carbocycles. The molecule has 0 radical (unpaired) electrons. The van der Waals surface area contributed by atoms with Gasteiger partial charge in [0.25, 0.3) is 0 Å². The van der Waals surface area contributed by atoms with Crippen LogP contribution in [0.1, 0.15) is 33.3 Å². The van der Waals surface area contributed by atoms with E-state index in [4.69, 9.17) is 0 Å². The first kappa shape index (κ1) is 14.0. The molecule has 1 N–H and O–H groups in total. The quantitative estimate of drug-likeness (QED) is 0.735. The Labute approximate surface area is 128 Å². The van der Waals surface area contributed by atoms with Crippen LogP contribution in [0.2, 0.25) is 0 Å². The minimum Gasteiger partial charge on any atom is -0.351 e. The lowest BCUT2D eigenvalue weighted by Gasteiger charge is -2.01. The predicted molar refractivity (Wildman–Crippen MR) is 86.1 cm³/mol. The molecule has 0 atom stereocenters. The topological polar surface area (TPSA) is 49.9 Å². The van der Waals surface area contributed by atoms with E-state index in [1.807, 2.05) is 48.5 Å². The van der Waals surface area contributed by atoms with E-state index in [2.05, 4.69) is 4.98 Å². The number of carbonyl (C=O) groups excluding carboxylic acids is 2. The summed E-state index contributed by atoms with van der Waals surface area (Å²) in [5.74, 6) is -0.188. The maximum absolute atomic E-state index is 12.5. The summed E-state index contributed by atoms with van der Waals surface area (Å²) in [4.78, 5) is 27.5. The summed E-state index contributed by atoms with van der Waals surface area (Å²) < 4.78 is 0. The number of hydrogen-bond donors (Lipinski definition) is 1. The van der Waals surface area contributed by atoms with Crippen LogP contribution in [0.5, 0.6) is 0 Å². The molecule has 0 aliphatic rings. The number of H-pyrrole nitrogens is 1. The molecule has 0 saturated carbocycles. The Balaban J connectivity index is 2.08. The first-order valence-corrected chi connectivity index (χ1v) is 7.06. The van der Waals surface area contributed by atoms with E-state index in [9.17, 15) is 9.59 Å². The summed E-state index contributed by atoms with van der Waals surface area (Å²) >= 11 is 0. The summed E-state index contributed by atoms with van der Waals surface area (Å²) in [6.07, 6.45) is 0. The van der Waals surface area contributed by atoms with Crippen molar-refractivity contribution in [1.82, 2.24) is 4.98 Å². The van der Waals surface area contributed by atoms with Gasteiger partial charge < -0.3 is 4.98 Å². The van der Waals surface area contributed by atoms with Crippen molar-refractivity contribution < 1.29 is 9.59 Å². The standard InChI is InChI=1S/C19H15NO2/c1-13(21)16-12-17(19(22)15-10-6-3-7-11-15)20-18(16)14-8-4-2-5-9-14/h2-12,20H,1H3. The molecule has 22 heavy (non-hydrogen) atoms. The predicted octanol–water partition coefficient (Wildman–Crippen LogP) is 4.12. The Morgan fingerprint density at radius 1 is 0.864 bits per heavy atom. The first-order valence-electron chi connectivity index (χ1n) is 7.06. The van der Waals surface area contributed by atoms with Gasteiger partial charge >= 0.3 is 0 Å². The molecular formula is C19H15NO2. The molecule has 2 aromatic carbocycles. The average molecular weight is 289 g/mol. The lowest BCUT2D eigenvalue weighted by atomic mass is 10.0. The van der Waals surface area contributed by atoms with E-state index in [-0.39, 0.29) is 11.6 Å². The summed E-state index contributed by atoms with van der Waals surface area (Å²) in [5.41, 5.74) is 3.13. The largest absolute Gasteiger partial charge is 0.351 e. The maximum Gasteiger partial charge on any atom is 0.209 e. The Morgan fingerprint density at radius 2 is 1.45 bits per heavy atom. The molecule has 0 bridgehead atoms.